The normalized spacial score (nSPS) is 14.1. The van der Waals surface area contributed by atoms with Crippen molar-refractivity contribution in [2.24, 2.45) is 0 Å². The molecule has 2 heterocycles. The Labute approximate surface area is 112 Å². The van der Waals surface area contributed by atoms with E-state index < -0.39 is 0 Å². The summed E-state index contributed by atoms with van der Waals surface area (Å²) >= 11 is 5.82. The number of amides is 1. The first-order chi connectivity index (χ1) is 9.08. The van der Waals surface area contributed by atoms with Crippen LogP contribution >= 0.6 is 11.6 Å². The minimum atomic E-state index is -0.329. The number of carbonyl (C=O) groups is 1. The van der Waals surface area contributed by atoms with Gasteiger partial charge >= 0.3 is 0 Å². The highest BCUT2D eigenvalue weighted by Gasteiger charge is 2.27. The first kappa shape index (κ1) is 11.9. The molecule has 1 aromatic heterocycles. The third-order valence-electron chi connectivity index (χ3n) is 2.98. The lowest BCUT2D eigenvalue weighted by atomic mass is 10.0. The minimum Gasteiger partial charge on any atom is -0.507 e. The summed E-state index contributed by atoms with van der Waals surface area (Å²) in [6.07, 6.45) is 0.553. The zero-order chi connectivity index (χ0) is 13.6. The van der Waals surface area contributed by atoms with Crippen LogP contribution < -0.4 is 5.32 Å². The molecule has 0 saturated carbocycles. The van der Waals surface area contributed by atoms with Gasteiger partial charge in [0.15, 0.2) is 0 Å². The maximum atomic E-state index is 11.6. The van der Waals surface area contributed by atoms with Gasteiger partial charge in [-0.1, -0.05) is 16.8 Å². The van der Waals surface area contributed by atoms with Gasteiger partial charge in [0, 0.05) is 23.7 Å². The third kappa shape index (κ3) is 1.80. The monoisotopic (exact) mass is 280 g/mol. The fourth-order valence-corrected chi connectivity index (χ4v) is 2.22. The van der Waals surface area contributed by atoms with Gasteiger partial charge in [-0.05, 0) is 12.5 Å². The fourth-order valence-electron chi connectivity index (χ4n) is 2.05. The second-order valence-electron chi connectivity index (χ2n) is 4.17. The molecule has 0 unspecified atom stereocenters. The maximum absolute atomic E-state index is 11.6. The Morgan fingerprint density at radius 3 is 2.89 bits per heavy atom. The van der Waals surface area contributed by atoms with Crippen molar-refractivity contribution in [2.75, 3.05) is 6.54 Å². The number of hydrogen-bond donors (Lipinski definition) is 3. The van der Waals surface area contributed by atoms with E-state index in [4.69, 9.17) is 16.1 Å². The number of benzene rings is 1. The first-order valence-corrected chi connectivity index (χ1v) is 5.94. The van der Waals surface area contributed by atoms with Crippen molar-refractivity contribution >= 4 is 17.5 Å². The molecule has 0 radical (unpaired) electrons. The van der Waals surface area contributed by atoms with Crippen LogP contribution in [-0.2, 0) is 6.42 Å². The molecule has 1 aliphatic rings. The van der Waals surface area contributed by atoms with E-state index >= 15 is 0 Å². The number of nitrogens with zero attached hydrogens (tertiary/aromatic N) is 1. The van der Waals surface area contributed by atoms with E-state index in [9.17, 15) is 15.0 Å². The molecular weight excluding hydrogens is 272 g/mol. The van der Waals surface area contributed by atoms with Gasteiger partial charge in [-0.25, -0.2) is 0 Å². The van der Waals surface area contributed by atoms with E-state index in [-0.39, 0.29) is 28.2 Å². The lowest BCUT2D eigenvalue weighted by Crippen LogP contribution is -2.30. The predicted octanol–water partition coefficient (Wildman–Crippen LogP) is 1.69. The molecule has 0 spiro atoms. The van der Waals surface area contributed by atoms with Crippen molar-refractivity contribution in [2.45, 2.75) is 6.42 Å². The highest BCUT2D eigenvalue weighted by Crippen LogP contribution is 2.39. The lowest BCUT2D eigenvalue weighted by Gasteiger charge is -2.11. The van der Waals surface area contributed by atoms with Gasteiger partial charge in [-0.15, -0.1) is 0 Å². The van der Waals surface area contributed by atoms with Gasteiger partial charge in [0.25, 0.3) is 5.91 Å². The van der Waals surface area contributed by atoms with Gasteiger partial charge in [0.1, 0.15) is 17.2 Å². The summed E-state index contributed by atoms with van der Waals surface area (Å²) in [4.78, 5) is 11.6. The van der Waals surface area contributed by atoms with Crippen LogP contribution in [0.1, 0.15) is 16.1 Å². The number of aromatic nitrogens is 1. The second kappa shape index (κ2) is 4.17. The number of nitrogens with one attached hydrogen (secondary N) is 1. The van der Waals surface area contributed by atoms with Crippen molar-refractivity contribution in [1.29, 1.82) is 0 Å². The number of phenols is 2. The molecule has 0 aliphatic carbocycles. The van der Waals surface area contributed by atoms with Crippen LogP contribution in [0.3, 0.4) is 0 Å². The Bertz CT molecular complexity index is 681. The Kier molecular flexibility index (Phi) is 2.60. The summed E-state index contributed by atoms with van der Waals surface area (Å²) in [6.45, 7) is 0.479. The molecule has 7 heteroatoms. The topological polar surface area (TPSA) is 95.6 Å². The first-order valence-electron chi connectivity index (χ1n) is 5.56. The highest BCUT2D eigenvalue weighted by atomic mass is 35.5. The quantitative estimate of drug-likeness (QED) is 0.739. The number of hydrogen-bond acceptors (Lipinski definition) is 5. The average molecular weight is 281 g/mol. The number of carbonyl (C=O) groups excluding carboxylic acids is 1. The van der Waals surface area contributed by atoms with E-state index in [0.717, 1.165) is 6.07 Å². The molecule has 0 atom stereocenters. The smallest absolute Gasteiger partial charge is 0.290 e. The zero-order valence-electron chi connectivity index (χ0n) is 9.61. The maximum Gasteiger partial charge on any atom is 0.290 e. The summed E-state index contributed by atoms with van der Waals surface area (Å²) < 4.78 is 5.00. The molecular formula is C12H9ClN2O4. The number of aromatic hydroxyl groups is 2. The van der Waals surface area contributed by atoms with Gasteiger partial charge in [-0.3, -0.25) is 4.79 Å². The number of halogens is 1. The van der Waals surface area contributed by atoms with E-state index in [0.29, 0.717) is 29.8 Å². The summed E-state index contributed by atoms with van der Waals surface area (Å²) in [5, 5.41) is 25.8. The van der Waals surface area contributed by atoms with Crippen LogP contribution in [0.15, 0.2) is 16.7 Å². The summed E-state index contributed by atoms with van der Waals surface area (Å²) in [7, 11) is 0. The minimum absolute atomic E-state index is 0.0878. The van der Waals surface area contributed by atoms with Gasteiger partial charge < -0.3 is 20.1 Å². The number of rotatable bonds is 1. The van der Waals surface area contributed by atoms with Gasteiger partial charge in [0.05, 0.1) is 5.02 Å². The number of fused-ring (bicyclic) bond motifs is 1. The van der Waals surface area contributed by atoms with Crippen LogP contribution in [0, 0.1) is 0 Å². The lowest BCUT2D eigenvalue weighted by molar-refractivity contribution is 0.0907. The van der Waals surface area contributed by atoms with Crippen LogP contribution in [0.4, 0.5) is 0 Å². The van der Waals surface area contributed by atoms with Crippen molar-refractivity contribution < 1.29 is 19.5 Å². The Balaban J connectivity index is 2.18. The Hall–Kier alpha value is -2.21. The molecule has 0 bridgehead atoms. The average Bonchev–Trinajstić information content (AvgIpc) is 2.79. The van der Waals surface area contributed by atoms with Crippen molar-refractivity contribution in [3.8, 4) is 22.8 Å². The standard InChI is InChI=1S/C12H9ClN2O4/c13-7-3-6(8(16)4-9(7)17)10-5-1-2-14-12(18)11(5)19-15-10/h3-4,16-17H,1-2H2,(H,14,18). The van der Waals surface area contributed by atoms with E-state index in [2.05, 4.69) is 10.5 Å². The van der Waals surface area contributed by atoms with Crippen LogP contribution in [0.25, 0.3) is 11.3 Å². The molecule has 1 aromatic carbocycles. The second-order valence-corrected chi connectivity index (χ2v) is 4.57. The molecule has 1 aliphatic heterocycles. The molecule has 98 valence electrons. The fraction of sp³-hybridized carbons (Fsp3) is 0.167. The van der Waals surface area contributed by atoms with Crippen molar-refractivity contribution in [1.82, 2.24) is 10.5 Å². The summed E-state index contributed by atoms with van der Waals surface area (Å²) in [5.74, 6) is -0.587. The van der Waals surface area contributed by atoms with Crippen LogP contribution in [0.5, 0.6) is 11.5 Å². The third-order valence-corrected chi connectivity index (χ3v) is 3.28. The molecule has 3 N–H and O–H groups in total. The Morgan fingerprint density at radius 2 is 2.11 bits per heavy atom. The molecule has 6 nitrogen and oxygen atoms in total. The zero-order valence-corrected chi connectivity index (χ0v) is 10.4. The van der Waals surface area contributed by atoms with Crippen molar-refractivity contribution in [3.63, 3.8) is 0 Å². The van der Waals surface area contributed by atoms with Crippen LogP contribution in [0.2, 0.25) is 5.02 Å². The highest BCUT2D eigenvalue weighted by molar-refractivity contribution is 6.32. The van der Waals surface area contributed by atoms with Crippen molar-refractivity contribution in [3.05, 3.63) is 28.5 Å². The van der Waals surface area contributed by atoms with Crippen LogP contribution in [-0.4, -0.2) is 27.8 Å². The molecule has 19 heavy (non-hydrogen) atoms. The summed E-state index contributed by atoms with van der Waals surface area (Å²) in [5.41, 5.74) is 1.31. The summed E-state index contributed by atoms with van der Waals surface area (Å²) in [6, 6.07) is 2.51. The molecule has 0 saturated heterocycles. The number of phenolic OH excluding ortho intramolecular Hbond substituents is 2. The molecule has 3 rings (SSSR count). The molecule has 0 fully saturated rings. The molecule has 2 aromatic rings. The van der Waals surface area contributed by atoms with Gasteiger partial charge in [0.2, 0.25) is 5.76 Å². The Morgan fingerprint density at radius 1 is 1.32 bits per heavy atom. The van der Waals surface area contributed by atoms with E-state index in [1.165, 1.54) is 6.07 Å². The largest absolute Gasteiger partial charge is 0.507 e. The van der Waals surface area contributed by atoms with E-state index in [1.807, 2.05) is 0 Å². The SMILES string of the molecule is O=C1NCCc2c(-c3cc(Cl)c(O)cc3O)noc21. The predicted molar refractivity (Wildman–Crippen MR) is 66.3 cm³/mol. The van der Waals surface area contributed by atoms with Gasteiger partial charge in [-0.2, -0.15) is 0 Å². The van der Waals surface area contributed by atoms with E-state index in [1.54, 1.807) is 0 Å². The molecule has 1 amide bonds.